The number of nitro benzene ring substituents is 1. The first-order valence-electron chi connectivity index (χ1n) is 5.16. The van der Waals surface area contributed by atoms with Crippen LogP contribution >= 0.6 is 0 Å². The summed E-state index contributed by atoms with van der Waals surface area (Å²) in [5.74, 6) is 0.249. The lowest BCUT2D eigenvalue weighted by Crippen LogP contribution is -2.15. The van der Waals surface area contributed by atoms with Crippen LogP contribution in [0.5, 0.6) is 0 Å². The molecule has 1 aromatic carbocycles. The number of rotatable bonds is 4. The molecule has 0 fully saturated rings. The van der Waals surface area contributed by atoms with Gasteiger partial charge in [0.05, 0.1) is 10.6 Å². The Morgan fingerprint density at radius 2 is 2.15 bits per heavy atom. The summed E-state index contributed by atoms with van der Waals surface area (Å²) in [7, 11) is -4.07. The zero-order chi connectivity index (χ0) is 14.9. The molecule has 0 atom stereocenters. The minimum atomic E-state index is -4.07. The van der Waals surface area contributed by atoms with Gasteiger partial charge in [-0.15, -0.1) is 0 Å². The molecule has 0 bridgehead atoms. The van der Waals surface area contributed by atoms with Gasteiger partial charge in [0.15, 0.2) is 5.82 Å². The van der Waals surface area contributed by atoms with Gasteiger partial charge in [0.1, 0.15) is 4.90 Å². The van der Waals surface area contributed by atoms with Crippen LogP contribution < -0.4 is 10.5 Å². The predicted molar refractivity (Wildman–Crippen MR) is 67.4 cm³/mol. The Morgan fingerprint density at radius 3 is 2.65 bits per heavy atom. The van der Waals surface area contributed by atoms with E-state index in [1.807, 2.05) is 4.72 Å². The van der Waals surface area contributed by atoms with Crippen molar-refractivity contribution in [1.29, 1.82) is 0 Å². The third-order valence-corrected chi connectivity index (χ3v) is 3.64. The lowest BCUT2D eigenvalue weighted by molar-refractivity contribution is -0.384. The van der Waals surface area contributed by atoms with Gasteiger partial charge < -0.3 is 10.3 Å². The molecule has 106 valence electrons. The summed E-state index contributed by atoms with van der Waals surface area (Å²) in [6.07, 6.45) is 0. The Morgan fingerprint density at radius 1 is 1.45 bits per heavy atom. The summed E-state index contributed by atoms with van der Waals surface area (Å²) in [6, 6.07) is 2.69. The lowest BCUT2D eigenvalue weighted by atomic mass is 10.3. The summed E-state index contributed by atoms with van der Waals surface area (Å²) >= 11 is 0. The van der Waals surface area contributed by atoms with Crippen LogP contribution in [-0.4, -0.2) is 23.5 Å². The Kier molecular flexibility index (Phi) is 3.28. The first kappa shape index (κ1) is 13.7. The maximum absolute atomic E-state index is 12.0. The largest absolute Gasteiger partial charge is 0.397 e. The highest BCUT2D eigenvalue weighted by molar-refractivity contribution is 7.92. The molecule has 1 heterocycles. The molecule has 0 aliphatic carbocycles. The van der Waals surface area contributed by atoms with Gasteiger partial charge in [-0.3, -0.25) is 10.1 Å². The van der Waals surface area contributed by atoms with Gasteiger partial charge in [-0.05, 0) is 13.0 Å². The molecule has 20 heavy (non-hydrogen) atoms. The highest BCUT2D eigenvalue weighted by Crippen LogP contribution is 2.25. The summed E-state index contributed by atoms with van der Waals surface area (Å²) < 4.78 is 30.7. The molecule has 0 spiro atoms. The number of nitrogens with one attached hydrogen (secondary N) is 1. The fraction of sp³-hybridized carbons (Fsp3) is 0.111. The number of hydrogen-bond donors (Lipinski definition) is 2. The quantitative estimate of drug-likeness (QED) is 0.474. The number of hydrogen-bond acceptors (Lipinski definition) is 8. The van der Waals surface area contributed by atoms with Crippen LogP contribution in [0.25, 0.3) is 0 Å². The monoisotopic (exact) mass is 299 g/mol. The highest BCUT2D eigenvalue weighted by Gasteiger charge is 2.22. The number of aryl methyl sites for hydroxylation is 1. The molecule has 0 saturated heterocycles. The van der Waals surface area contributed by atoms with Crippen LogP contribution in [0.15, 0.2) is 27.6 Å². The number of sulfonamides is 1. The van der Waals surface area contributed by atoms with Gasteiger partial charge >= 0.3 is 6.01 Å². The second kappa shape index (κ2) is 4.77. The average Bonchev–Trinajstić information content (AvgIpc) is 2.73. The Balaban J connectivity index is 2.37. The maximum atomic E-state index is 12.0. The Hall–Kier alpha value is -2.69. The van der Waals surface area contributed by atoms with Crippen molar-refractivity contribution < 1.29 is 17.9 Å². The van der Waals surface area contributed by atoms with Gasteiger partial charge in [0, 0.05) is 12.1 Å². The van der Waals surface area contributed by atoms with E-state index in [1.54, 1.807) is 0 Å². The topological polar surface area (TPSA) is 154 Å². The van der Waals surface area contributed by atoms with Crippen LogP contribution in [0.4, 0.5) is 17.4 Å². The molecular weight excluding hydrogens is 290 g/mol. The third kappa shape index (κ3) is 2.66. The first-order chi connectivity index (χ1) is 9.29. The zero-order valence-corrected chi connectivity index (χ0v) is 10.9. The molecule has 2 rings (SSSR count). The lowest BCUT2D eigenvalue weighted by Gasteiger charge is -2.06. The van der Waals surface area contributed by atoms with Crippen molar-refractivity contribution in [2.24, 2.45) is 0 Å². The van der Waals surface area contributed by atoms with E-state index in [2.05, 4.69) is 14.7 Å². The molecule has 0 amide bonds. The Labute approximate surface area is 112 Å². The predicted octanol–water partition coefficient (Wildman–Crippen LogP) is 0.669. The molecule has 0 unspecified atom stereocenters. The maximum Gasteiger partial charge on any atom is 0.335 e. The van der Waals surface area contributed by atoms with Gasteiger partial charge in [0.2, 0.25) is 0 Å². The van der Waals surface area contributed by atoms with Crippen LogP contribution in [-0.2, 0) is 10.0 Å². The van der Waals surface area contributed by atoms with Gasteiger partial charge in [-0.2, -0.15) is 4.98 Å². The molecule has 0 saturated carbocycles. The van der Waals surface area contributed by atoms with Crippen LogP contribution in [0.1, 0.15) is 5.82 Å². The highest BCUT2D eigenvalue weighted by atomic mass is 32.2. The molecule has 0 aliphatic rings. The fourth-order valence-corrected chi connectivity index (χ4v) is 2.44. The minimum absolute atomic E-state index is 0.249. The number of nitro groups is 1. The van der Waals surface area contributed by atoms with Gasteiger partial charge in [-0.25, -0.2) is 13.1 Å². The normalized spacial score (nSPS) is 11.2. The van der Waals surface area contributed by atoms with E-state index in [0.717, 1.165) is 18.2 Å². The van der Waals surface area contributed by atoms with Gasteiger partial charge in [0.25, 0.3) is 15.7 Å². The van der Waals surface area contributed by atoms with Crippen molar-refractivity contribution in [3.8, 4) is 0 Å². The molecular formula is C9H9N5O5S. The number of anilines is 2. The van der Waals surface area contributed by atoms with Crippen molar-refractivity contribution in [3.63, 3.8) is 0 Å². The van der Waals surface area contributed by atoms with E-state index in [9.17, 15) is 18.5 Å². The summed E-state index contributed by atoms with van der Waals surface area (Å²) in [5, 5.41) is 14.0. The smallest absolute Gasteiger partial charge is 0.335 e. The molecule has 2 aromatic rings. The minimum Gasteiger partial charge on any atom is -0.397 e. The number of nitrogens with two attached hydrogens (primary N) is 1. The fourth-order valence-electron chi connectivity index (χ4n) is 1.40. The van der Waals surface area contributed by atoms with Crippen LogP contribution in [0, 0.1) is 17.0 Å². The van der Waals surface area contributed by atoms with Crippen LogP contribution in [0.2, 0.25) is 0 Å². The van der Waals surface area contributed by atoms with Crippen molar-refractivity contribution >= 4 is 27.4 Å². The Bertz CT molecular complexity index is 769. The first-order valence-corrected chi connectivity index (χ1v) is 6.65. The van der Waals surface area contributed by atoms with E-state index < -0.39 is 14.9 Å². The second-order valence-electron chi connectivity index (χ2n) is 3.73. The van der Waals surface area contributed by atoms with Crippen molar-refractivity contribution in [3.05, 3.63) is 34.1 Å². The van der Waals surface area contributed by atoms with E-state index in [1.165, 1.54) is 6.92 Å². The summed E-state index contributed by atoms with van der Waals surface area (Å²) in [4.78, 5) is 13.2. The molecule has 11 heteroatoms. The molecule has 10 nitrogen and oxygen atoms in total. The molecule has 0 radical (unpaired) electrons. The van der Waals surface area contributed by atoms with Crippen molar-refractivity contribution in [2.45, 2.75) is 11.8 Å². The number of non-ortho nitro benzene ring substituents is 1. The number of benzene rings is 1. The third-order valence-electron chi connectivity index (χ3n) is 2.24. The van der Waals surface area contributed by atoms with E-state index in [0.29, 0.717) is 0 Å². The van der Waals surface area contributed by atoms with Crippen molar-refractivity contribution in [2.75, 3.05) is 10.5 Å². The molecule has 0 aliphatic heterocycles. The van der Waals surface area contributed by atoms with E-state index in [-0.39, 0.29) is 28.1 Å². The number of nitrogens with zero attached hydrogens (tertiary/aromatic N) is 3. The second-order valence-corrected chi connectivity index (χ2v) is 5.38. The number of nitrogen functional groups attached to an aromatic ring is 1. The van der Waals surface area contributed by atoms with E-state index >= 15 is 0 Å². The van der Waals surface area contributed by atoms with Crippen molar-refractivity contribution in [1.82, 2.24) is 10.1 Å². The van der Waals surface area contributed by atoms with Crippen LogP contribution in [0.3, 0.4) is 0 Å². The molecule has 1 aromatic heterocycles. The number of aromatic nitrogens is 2. The molecule has 3 N–H and O–H groups in total. The average molecular weight is 299 g/mol. The summed E-state index contributed by atoms with van der Waals surface area (Å²) in [6.45, 7) is 1.52. The zero-order valence-electron chi connectivity index (χ0n) is 10.1. The SMILES string of the molecule is Cc1noc(NS(=O)(=O)c2ccc([N+](=O)[O-])cc2N)n1. The summed E-state index contributed by atoms with van der Waals surface area (Å²) in [5.41, 5.74) is 4.94. The van der Waals surface area contributed by atoms with E-state index in [4.69, 9.17) is 5.73 Å². The van der Waals surface area contributed by atoms with Gasteiger partial charge in [-0.1, -0.05) is 5.16 Å². The standard InChI is InChI=1S/C9H9N5O5S/c1-5-11-9(19-12-5)13-20(17,18)8-3-2-6(14(15)16)4-7(8)10/h2-4H,10H2,1H3,(H,11,12,13).